The molecule has 0 saturated carbocycles. The molecule has 0 atom stereocenters. The molecule has 98 valence electrons. The molecular formula is C13H18N2O2S. The van der Waals surface area contributed by atoms with Crippen molar-refractivity contribution in [2.75, 3.05) is 23.4 Å². The number of sulfone groups is 1. The molecule has 0 saturated heterocycles. The zero-order valence-electron chi connectivity index (χ0n) is 10.7. The van der Waals surface area contributed by atoms with Gasteiger partial charge in [-0.2, -0.15) is 5.26 Å². The first-order chi connectivity index (χ1) is 8.48. The Hall–Kier alpha value is -1.54. The van der Waals surface area contributed by atoms with Gasteiger partial charge in [0, 0.05) is 18.0 Å². The summed E-state index contributed by atoms with van der Waals surface area (Å²) in [5.41, 5.74) is 2.39. The predicted molar refractivity (Wildman–Crippen MR) is 73.3 cm³/mol. The minimum atomic E-state index is -2.96. The molecule has 0 radical (unpaired) electrons. The molecule has 1 N–H and O–H groups in total. The minimum absolute atomic E-state index is 0.122. The van der Waals surface area contributed by atoms with Crippen molar-refractivity contribution in [3.63, 3.8) is 0 Å². The fourth-order valence-electron chi connectivity index (χ4n) is 1.64. The first kappa shape index (κ1) is 14.5. The molecule has 0 aliphatic heterocycles. The molecule has 1 rings (SSSR count). The first-order valence-electron chi connectivity index (χ1n) is 5.93. The molecule has 0 aliphatic rings. The lowest BCUT2D eigenvalue weighted by atomic mass is 10.1. The molecule has 5 heteroatoms. The number of nitrogens with zero attached hydrogens (tertiary/aromatic N) is 1. The number of hydrogen-bond donors (Lipinski definition) is 1. The summed E-state index contributed by atoms with van der Waals surface area (Å²) in [6, 6.07) is 7.39. The summed E-state index contributed by atoms with van der Waals surface area (Å²) in [6.45, 7) is 4.15. The zero-order chi connectivity index (χ0) is 13.6. The van der Waals surface area contributed by atoms with Crippen molar-refractivity contribution in [2.24, 2.45) is 0 Å². The number of hydrogen-bond acceptors (Lipinski definition) is 4. The van der Waals surface area contributed by atoms with Gasteiger partial charge >= 0.3 is 0 Å². The average molecular weight is 266 g/mol. The van der Waals surface area contributed by atoms with E-state index in [1.807, 2.05) is 19.9 Å². The Morgan fingerprint density at radius 1 is 1.33 bits per heavy atom. The summed E-state index contributed by atoms with van der Waals surface area (Å²) >= 11 is 0. The molecule has 0 aromatic heterocycles. The Morgan fingerprint density at radius 2 is 2.06 bits per heavy atom. The molecule has 4 nitrogen and oxygen atoms in total. The minimum Gasteiger partial charge on any atom is -0.384 e. The maximum absolute atomic E-state index is 11.5. The fraction of sp³-hybridized carbons (Fsp3) is 0.462. The van der Waals surface area contributed by atoms with Crippen LogP contribution < -0.4 is 5.32 Å². The molecule has 18 heavy (non-hydrogen) atoms. The van der Waals surface area contributed by atoms with Gasteiger partial charge in [0.2, 0.25) is 0 Å². The van der Waals surface area contributed by atoms with Crippen LogP contribution in [0.25, 0.3) is 0 Å². The van der Waals surface area contributed by atoms with Crippen molar-refractivity contribution in [3.05, 3.63) is 29.3 Å². The van der Waals surface area contributed by atoms with E-state index in [0.29, 0.717) is 18.5 Å². The van der Waals surface area contributed by atoms with Gasteiger partial charge in [-0.25, -0.2) is 8.42 Å². The van der Waals surface area contributed by atoms with E-state index in [1.54, 1.807) is 12.1 Å². The highest BCUT2D eigenvalue weighted by molar-refractivity contribution is 7.91. The smallest absolute Gasteiger partial charge is 0.152 e. The Bertz CT molecular complexity index is 545. The third-order valence-corrected chi connectivity index (χ3v) is 4.47. The SMILES string of the molecule is CCCS(=O)(=O)CCNc1cc(C#N)ccc1C. The Labute approximate surface area is 109 Å². The van der Waals surface area contributed by atoms with Gasteiger partial charge in [-0.05, 0) is 31.0 Å². The lowest BCUT2D eigenvalue weighted by Crippen LogP contribution is -2.18. The second kappa shape index (κ2) is 6.41. The van der Waals surface area contributed by atoms with E-state index in [1.165, 1.54) is 0 Å². The molecule has 0 spiro atoms. The topological polar surface area (TPSA) is 70.0 Å². The van der Waals surface area contributed by atoms with E-state index < -0.39 is 9.84 Å². The Morgan fingerprint density at radius 3 is 2.67 bits per heavy atom. The van der Waals surface area contributed by atoms with Crippen molar-refractivity contribution >= 4 is 15.5 Å². The summed E-state index contributed by atoms with van der Waals surface area (Å²) in [5.74, 6) is 0.350. The lowest BCUT2D eigenvalue weighted by Gasteiger charge is -2.10. The summed E-state index contributed by atoms with van der Waals surface area (Å²) in [7, 11) is -2.96. The average Bonchev–Trinajstić information content (AvgIpc) is 2.31. The standard InChI is InChI=1S/C13H18N2O2S/c1-3-7-18(16,17)8-6-15-13-9-12(10-14)5-4-11(13)2/h4-5,9,15H,3,6-8H2,1-2H3. The van der Waals surface area contributed by atoms with E-state index in [4.69, 9.17) is 5.26 Å². The van der Waals surface area contributed by atoms with Crippen molar-refractivity contribution in [2.45, 2.75) is 20.3 Å². The van der Waals surface area contributed by atoms with Crippen molar-refractivity contribution in [1.82, 2.24) is 0 Å². The van der Waals surface area contributed by atoms with Crippen LogP contribution in [-0.4, -0.2) is 26.5 Å². The van der Waals surface area contributed by atoms with Crippen LogP contribution >= 0.6 is 0 Å². The van der Waals surface area contributed by atoms with E-state index in [9.17, 15) is 8.42 Å². The number of nitrogens with one attached hydrogen (secondary N) is 1. The van der Waals surface area contributed by atoms with Gasteiger partial charge in [0.05, 0.1) is 17.4 Å². The maximum atomic E-state index is 11.5. The van der Waals surface area contributed by atoms with Crippen molar-refractivity contribution in [1.29, 1.82) is 5.26 Å². The van der Waals surface area contributed by atoms with Gasteiger partial charge < -0.3 is 5.32 Å². The molecule has 0 fully saturated rings. The van der Waals surface area contributed by atoms with Crippen LogP contribution in [0.1, 0.15) is 24.5 Å². The molecule has 0 amide bonds. The zero-order valence-corrected chi connectivity index (χ0v) is 11.5. The van der Waals surface area contributed by atoms with Crippen LogP contribution in [-0.2, 0) is 9.84 Å². The highest BCUT2D eigenvalue weighted by atomic mass is 32.2. The number of anilines is 1. The molecule has 0 bridgehead atoms. The number of aryl methyl sites for hydroxylation is 1. The Balaban J connectivity index is 2.62. The molecular weight excluding hydrogens is 248 g/mol. The maximum Gasteiger partial charge on any atom is 0.152 e. The Kier molecular flexibility index (Phi) is 5.17. The summed E-state index contributed by atoms with van der Waals surface area (Å²) in [6.07, 6.45) is 0.644. The van der Waals surface area contributed by atoms with Crippen LogP contribution in [0.5, 0.6) is 0 Å². The van der Waals surface area contributed by atoms with Crippen LogP contribution in [0.15, 0.2) is 18.2 Å². The fourth-order valence-corrected chi connectivity index (χ4v) is 2.88. The third-order valence-electron chi connectivity index (χ3n) is 2.61. The highest BCUT2D eigenvalue weighted by Gasteiger charge is 2.09. The van der Waals surface area contributed by atoms with Gasteiger partial charge in [0.25, 0.3) is 0 Å². The monoisotopic (exact) mass is 266 g/mol. The second-order valence-corrected chi connectivity index (χ2v) is 6.52. The van der Waals surface area contributed by atoms with Gasteiger partial charge in [0.1, 0.15) is 0 Å². The van der Waals surface area contributed by atoms with Gasteiger partial charge in [-0.15, -0.1) is 0 Å². The van der Waals surface area contributed by atoms with E-state index in [2.05, 4.69) is 11.4 Å². The predicted octanol–water partition coefficient (Wildman–Crippen LogP) is 2.10. The van der Waals surface area contributed by atoms with Crippen LogP contribution in [0.2, 0.25) is 0 Å². The summed E-state index contributed by atoms with van der Waals surface area (Å²) < 4.78 is 23.1. The third kappa shape index (κ3) is 4.38. The highest BCUT2D eigenvalue weighted by Crippen LogP contribution is 2.16. The van der Waals surface area contributed by atoms with Crippen molar-refractivity contribution in [3.8, 4) is 6.07 Å². The molecule has 1 aromatic carbocycles. The van der Waals surface area contributed by atoms with Crippen LogP contribution in [0.3, 0.4) is 0 Å². The molecule has 0 heterocycles. The summed E-state index contributed by atoms with van der Waals surface area (Å²) in [5, 5.41) is 11.9. The first-order valence-corrected chi connectivity index (χ1v) is 7.75. The molecule has 0 unspecified atom stereocenters. The molecule has 1 aromatic rings. The lowest BCUT2D eigenvalue weighted by molar-refractivity contribution is 0.595. The normalized spacial score (nSPS) is 10.9. The summed E-state index contributed by atoms with van der Waals surface area (Å²) in [4.78, 5) is 0. The van der Waals surface area contributed by atoms with Gasteiger partial charge in [0.15, 0.2) is 9.84 Å². The number of benzene rings is 1. The van der Waals surface area contributed by atoms with Gasteiger partial charge in [-0.3, -0.25) is 0 Å². The second-order valence-electron chi connectivity index (χ2n) is 4.22. The quantitative estimate of drug-likeness (QED) is 0.856. The van der Waals surface area contributed by atoms with E-state index in [0.717, 1.165) is 11.3 Å². The number of nitriles is 1. The van der Waals surface area contributed by atoms with E-state index in [-0.39, 0.29) is 11.5 Å². The van der Waals surface area contributed by atoms with E-state index >= 15 is 0 Å². The van der Waals surface area contributed by atoms with Crippen LogP contribution in [0.4, 0.5) is 5.69 Å². The van der Waals surface area contributed by atoms with Crippen LogP contribution in [0, 0.1) is 18.3 Å². The van der Waals surface area contributed by atoms with Crippen molar-refractivity contribution < 1.29 is 8.42 Å². The van der Waals surface area contributed by atoms with Gasteiger partial charge in [-0.1, -0.05) is 13.0 Å². The largest absolute Gasteiger partial charge is 0.384 e. The number of rotatable bonds is 6. The molecule has 0 aliphatic carbocycles.